The predicted octanol–water partition coefficient (Wildman–Crippen LogP) is 5.23. The molecule has 5 rings (SSSR count). The average molecular weight is 495 g/mol. The molecule has 2 aromatic heterocycles. The van der Waals surface area contributed by atoms with Gasteiger partial charge in [-0.3, -0.25) is 4.90 Å². The first-order valence-electron chi connectivity index (χ1n) is 11.4. The molecule has 36 heavy (non-hydrogen) atoms. The molecule has 0 saturated heterocycles. The molecule has 0 radical (unpaired) electrons. The van der Waals surface area contributed by atoms with E-state index >= 15 is 0 Å². The molecule has 3 heterocycles. The Labute approximate surface area is 205 Å². The summed E-state index contributed by atoms with van der Waals surface area (Å²) < 4.78 is 37.6. The Balaban J connectivity index is 1.29. The number of ether oxygens (including phenoxy) is 1. The maximum Gasteiger partial charge on any atom is 0.410 e. The van der Waals surface area contributed by atoms with E-state index in [0.717, 1.165) is 22.3 Å². The summed E-state index contributed by atoms with van der Waals surface area (Å²) in [4.78, 5) is 14.2. The maximum absolute atomic E-state index is 12.7. The van der Waals surface area contributed by atoms with E-state index in [-0.39, 0.29) is 12.0 Å². The zero-order chi connectivity index (χ0) is 25.4. The fourth-order valence-corrected chi connectivity index (χ4v) is 4.00. The van der Waals surface area contributed by atoms with Gasteiger partial charge in [-0.1, -0.05) is 35.5 Å². The first kappa shape index (κ1) is 23.6. The van der Waals surface area contributed by atoms with E-state index in [9.17, 15) is 13.6 Å². The third kappa shape index (κ3) is 4.95. The van der Waals surface area contributed by atoms with Crippen molar-refractivity contribution in [3.8, 4) is 22.7 Å². The molecule has 186 valence electrons. The van der Waals surface area contributed by atoms with Crippen molar-refractivity contribution in [2.75, 3.05) is 0 Å². The maximum atomic E-state index is 12.7. The lowest BCUT2D eigenvalue weighted by Crippen LogP contribution is -2.33. The molecule has 0 unspecified atom stereocenters. The number of rotatable bonds is 5. The number of fused-ring (bicyclic) bond motifs is 1. The minimum absolute atomic E-state index is 0.0400. The molecule has 0 bridgehead atoms. The van der Waals surface area contributed by atoms with E-state index in [4.69, 9.17) is 9.15 Å². The minimum Gasteiger partial charge on any atom is -0.444 e. The van der Waals surface area contributed by atoms with Crippen LogP contribution in [0, 0.1) is 0 Å². The van der Waals surface area contributed by atoms with Gasteiger partial charge < -0.3 is 9.15 Å². The van der Waals surface area contributed by atoms with Crippen molar-refractivity contribution >= 4 is 6.09 Å². The van der Waals surface area contributed by atoms with E-state index in [1.54, 1.807) is 21.7 Å². The average Bonchev–Trinajstić information content (AvgIpc) is 3.57. The van der Waals surface area contributed by atoms with Gasteiger partial charge in [0.1, 0.15) is 11.3 Å². The first-order chi connectivity index (χ1) is 17.2. The Morgan fingerprint density at radius 3 is 2.56 bits per heavy atom. The Morgan fingerprint density at radius 2 is 1.86 bits per heavy atom. The van der Waals surface area contributed by atoms with Crippen LogP contribution in [0.15, 0.2) is 53.1 Å². The second-order valence-electron chi connectivity index (χ2n) is 9.52. The van der Waals surface area contributed by atoms with Crippen LogP contribution in [0.1, 0.15) is 49.8 Å². The molecule has 0 N–H and O–H groups in total. The van der Waals surface area contributed by atoms with Crippen molar-refractivity contribution in [2.24, 2.45) is 0 Å². The summed E-state index contributed by atoms with van der Waals surface area (Å²) in [5, 5.41) is 15.6. The van der Waals surface area contributed by atoms with Gasteiger partial charge in [-0.05, 0) is 49.6 Å². The van der Waals surface area contributed by atoms with Crippen molar-refractivity contribution in [3.05, 3.63) is 71.2 Å². The third-order valence-electron chi connectivity index (χ3n) is 5.62. The summed E-state index contributed by atoms with van der Waals surface area (Å²) in [7, 11) is 0. The van der Waals surface area contributed by atoms with E-state index in [1.807, 2.05) is 57.3 Å². The molecule has 0 atom stereocenters. The Bertz CT molecular complexity index is 1390. The number of hydrogen-bond donors (Lipinski definition) is 0. The van der Waals surface area contributed by atoms with Crippen molar-refractivity contribution < 1.29 is 22.7 Å². The highest BCUT2D eigenvalue weighted by molar-refractivity contribution is 5.72. The van der Waals surface area contributed by atoms with Crippen LogP contribution in [0.25, 0.3) is 22.7 Å². The molecule has 2 aromatic carbocycles. The van der Waals surface area contributed by atoms with Crippen molar-refractivity contribution in [3.63, 3.8) is 0 Å². The van der Waals surface area contributed by atoms with Crippen LogP contribution in [0.5, 0.6) is 0 Å². The third-order valence-corrected chi connectivity index (χ3v) is 5.62. The largest absolute Gasteiger partial charge is 0.444 e. The Hall–Kier alpha value is -4.15. The molecule has 1 amide bonds. The highest BCUT2D eigenvalue weighted by atomic mass is 19.3. The summed E-state index contributed by atoms with van der Waals surface area (Å²) in [5.74, 6) is -0.663. The number of carbonyl (C=O) groups excluding carboxylic acids is 1. The number of amides is 1. The van der Waals surface area contributed by atoms with Crippen LogP contribution < -0.4 is 0 Å². The van der Waals surface area contributed by atoms with Gasteiger partial charge in [0.05, 0.1) is 19.3 Å². The molecule has 9 nitrogen and oxygen atoms in total. The number of halogens is 2. The summed E-state index contributed by atoms with van der Waals surface area (Å²) in [6.07, 6.45) is -1.30. The molecule has 0 saturated carbocycles. The van der Waals surface area contributed by atoms with Crippen molar-refractivity contribution in [2.45, 2.75) is 52.4 Å². The number of nitrogens with zero attached hydrogens (tertiary/aromatic N) is 6. The molecule has 0 spiro atoms. The van der Waals surface area contributed by atoms with Gasteiger partial charge in [-0.25, -0.2) is 9.48 Å². The lowest BCUT2D eigenvalue weighted by Gasteiger charge is -2.24. The molecule has 11 heteroatoms. The van der Waals surface area contributed by atoms with E-state index in [1.165, 1.54) is 0 Å². The quantitative estimate of drug-likeness (QED) is 0.374. The van der Waals surface area contributed by atoms with Crippen LogP contribution in [0.4, 0.5) is 13.6 Å². The molecule has 1 aliphatic heterocycles. The zero-order valence-corrected chi connectivity index (χ0v) is 20.0. The highest BCUT2D eigenvalue weighted by Crippen LogP contribution is 2.32. The smallest absolute Gasteiger partial charge is 0.410 e. The molecule has 0 fully saturated rings. The summed E-state index contributed by atoms with van der Waals surface area (Å²) >= 11 is 0. The van der Waals surface area contributed by atoms with Gasteiger partial charge in [0.2, 0.25) is 5.89 Å². The second kappa shape index (κ2) is 9.14. The monoisotopic (exact) mass is 494 g/mol. The standard InChI is InChI=1S/C25H24F2N6O3/c1-25(2,3)36-24(34)32-12-17-5-4-6-18(19(17)13-32)20-14-33(31-28-20)11-15-7-9-16(10-8-15)22-29-30-23(35-22)21(26)27/h4-10,14,21H,11-13H2,1-3H3. The Kier molecular flexibility index (Phi) is 5.99. The summed E-state index contributed by atoms with van der Waals surface area (Å²) in [6.45, 7) is 6.92. The number of alkyl halides is 2. The van der Waals surface area contributed by atoms with Crippen LogP contribution in [0.2, 0.25) is 0 Å². The highest BCUT2D eigenvalue weighted by Gasteiger charge is 2.29. The topological polar surface area (TPSA) is 99.2 Å². The number of carbonyl (C=O) groups is 1. The van der Waals surface area contributed by atoms with Gasteiger partial charge in [-0.2, -0.15) is 8.78 Å². The SMILES string of the molecule is CC(C)(C)OC(=O)N1Cc2cccc(-c3cn(Cc4ccc(-c5nnc(C(F)F)o5)cc4)nn3)c2C1. The number of aromatic nitrogens is 5. The molecule has 1 aliphatic rings. The summed E-state index contributed by atoms with van der Waals surface area (Å²) in [5.41, 5.74) is 4.63. The lowest BCUT2D eigenvalue weighted by atomic mass is 10.0. The molecular formula is C25H24F2N6O3. The first-order valence-corrected chi connectivity index (χ1v) is 11.4. The van der Waals surface area contributed by atoms with Gasteiger partial charge in [0.25, 0.3) is 5.89 Å². The van der Waals surface area contributed by atoms with Crippen LogP contribution in [-0.2, 0) is 24.4 Å². The van der Waals surface area contributed by atoms with Gasteiger partial charge in [0, 0.05) is 17.7 Å². The fraction of sp³-hybridized carbons (Fsp3) is 0.320. The second-order valence-corrected chi connectivity index (χ2v) is 9.52. The summed E-state index contributed by atoms with van der Waals surface area (Å²) in [6, 6.07) is 13.0. The number of hydrogen-bond acceptors (Lipinski definition) is 7. The van der Waals surface area contributed by atoms with E-state index in [0.29, 0.717) is 30.9 Å². The normalized spacial score (nSPS) is 13.3. The minimum atomic E-state index is -2.81. The van der Waals surface area contributed by atoms with Crippen molar-refractivity contribution in [1.82, 2.24) is 30.1 Å². The van der Waals surface area contributed by atoms with Crippen LogP contribution in [0.3, 0.4) is 0 Å². The van der Waals surface area contributed by atoms with Gasteiger partial charge in [0.15, 0.2) is 0 Å². The molecule has 0 aliphatic carbocycles. The lowest BCUT2D eigenvalue weighted by molar-refractivity contribution is 0.0242. The van der Waals surface area contributed by atoms with Crippen LogP contribution in [-0.4, -0.2) is 41.8 Å². The molecule has 4 aromatic rings. The fourth-order valence-electron chi connectivity index (χ4n) is 4.00. The van der Waals surface area contributed by atoms with Gasteiger partial charge >= 0.3 is 12.5 Å². The predicted molar refractivity (Wildman–Crippen MR) is 125 cm³/mol. The van der Waals surface area contributed by atoms with Crippen LogP contribution >= 0.6 is 0 Å². The Morgan fingerprint density at radius 1 is 1.08 bits per heavy atom. The zero-order valence-electron chi connectivity index (χ0n) is 20.0. The molecular weight excluding hydrogens is 470 g/mol. The van der Waals surface area contributed by atoms with Gasteiger partial charge in [-0.15, -0.1) is 15.3 Å². The van der Waals surface area contributed by atoms with E-state index in [2.05, 4.69) is 20.5 Å². The van der Waals surface area contributed by atoms with E-state index < -0.39 is 17.9 Å². The number of benzene rings is 2. The van der Waals surface area contributed by atoms with Crippen molar-refractivity contribution in [1.29, 1.82) is 0 Å².